The molecule has 0 spiro atoms. The lowest BCUT2D eigenvalue weighted by Gasteiger charge is -2.10. The molecule has 4 aromatic rings. The molecule has 1 heteroatoms. The van der Waals surface area contributed by atoms with E-state index in [0.717, 1.165) is 16.8 Å². The first kappa shape index (κ1) is 13.7. The molecular weight excluding hydrogens is 278 g/mol. The minimum Gasteiger partial charge on any atom is -0.248 e. The average molecular weight is 295 g/mol. The number of rotatable bonds is 2. The van der Waals surface area contributed by atoms with Crippen molar-refractivity contribution in [2.24, 2.45) is 0 Å². The maximum absolute atomic E-state index is 4.85. The van der Waals surface area contributed by atoms with Crippen molar-refractivity contribution in [3.05, 3.63) is 90.5 Å². The number of pyridine rings is 1. The second kappa shape index (κ2) is 5.69. The van der Waals surface area contributed by atoms with Gasteiger partial charge in [-0.1, -0.05) is 78.4 Å². The summed E-state index contributed by atoms with van der Waals surface area (Å²) in [5, 5.41) is 1.19. The summed E-state index contributed by atoms with van der Waals surface area (Å²) in [5.41, 5.74) is 6.92. The van der Waals surface area contributed by atoms with E-state index in [2.05, 4.69) is 79.7 Å². The minimum atomic E-state index is 1.01. The molecule has 0 fully saturated rings. The SMILES string of the molecule is Cc1ccc(-c2cc(-c3ccccc3)nc3ccccc23)cc1. The van der Waals surface area contributed by atoms with Gasteiger partial charge < -0.3 is 0 Å². The van der Waals surface area contributed by atoms with E-state index in [4.69, 9.17) is 4.98 Å². The van der Waals surface area contributed by atoms with Crippen LogP contribution in [0.15, 0.2) is 84.9 Å². The fourth-order valence-corrected chi connectivity index (χ4v) is 2.90. The van der Waals surface area contributed by atoms with Gasteiger partial charge in [-0.2, -0.15) is 0 Å². The van der Waals surface area contributed by atoms with E-state index in [1.807, 2.05) is 12.1 Å². The van der Waals surface area contributed by atoms with Crippen molar-refractivity contribution >= 4 is 10.9 Å². The Bertz CT molecular complexity index is 954. The second-order valence-corrected chi connectivity index (χ2v) is 5.80. The van der Waals surface area contributed by atoms with E-state index in [1.165, 1.54) is 22.1 Å². The molecule has 3 aromatic carbocycles. The normalized spacial score (nSPS) is 10.8. The van der Waals surface area contributed by atoms with Crippen LogP contribution in [0.4, 0.5) is 0 Å². The largest absolute Gasteiger partial charge is 0.248 e. The number of nitrogens with zero attached hydrogens (tertiary/aromatic N) is 1. The highest BCUT2D eigenvalue weighted by molar-refractivity contribution is 5.96. The molecule has 0 aliphatic carbocycles. The van der Waals surface area contributed by atoms with Crippen molar-refractivity contribution in [3.63, 3.8) is 0 Å². The number of fused-ring (bicyclic) bond motifs is 1. The fraction of sp³-hybridized carbons (Fsp3) is 0.0455. The molecule has 0 amide bonds. The molecule has 0 unspecified atom stereocenters. The topological polar surface area (TPSA) is 12.9 Å². The van der Waals surface area contributed by atoms with Crippen molar-refractivity contribution < 1.29 is 0 Å². The van der Waals surface area contributed by atoms with Gasteiger partial charge in [-0.05, 0) is 30.2 Å². The zero-order valence-corrected chi connectivity index (χ0v) is 13.0. The lowest BCUT2D eigenvalue weighted by Crippen LogP contribution is -1.89. The van der Waals surface area contributed by atoms with E-state index in [-0.39, 0.29) is 0 Å². The maximum atomic E-state index is 4.85. The van der Waals surface area contributed by atoms with Gasteiger partial charge in [-0.25, -0.2) is 4.98 Å². The van der Waals surface area contributed by atoms with E-state index in [1.54, 1.807) is 0 Å². The van der Waals surface area contributed by atoms with Gasteiger partial charge in [0.15, 0.2) is 0 Å². The molecule has 4 rings (SSSR count). The second-order valence-electron chi connectivity index (χ2n) is 5.80. The summed E-state index contributed by atoms with van der Waals surface area (Å²) in [4.78, 5) is 4.85. The number of para-hydroxylation sites is 1. The highest BCUT2D eigenvalue weighted by Crippen LogP contribution is 2.32. The minimum absolute atomic E-state index is 1.01. The third kappa shape index (κ3) is 2.62. The standard InChI is InChI=1S/C22H17N/c1-16-11-13-17(14-12-16)20-15-22(18-7-3-2-4-8-18)23-21-10-6-5-9-19(20)21/h2-15H,1H3. The van der Waals surface area contributed by atoms with Crippen molar-refractivity contribution in [1.29, 1.82) is 0 Å². The Morgan fingerprint density at radius 1 is 0.652 bits per heavy atom. The van der Waals surface area contributed by atoms with Crippen LogP contribution in [-0.2, 0) is 0 Å². The van der Waals surface area contributed by atoms with Crippen molar-refractivity contribution in [3.8, 4) is 22.4 Å². The molecule has 1 heterocycles. The average Bonchev–Trinajstić information content (AvgIpc) is 2.62. The number of hydrogen-bond acceptors (Lipinski definition) is 1. The van der Waals surface area contributed by atoms with E-state index in [9.17, 15) is 0 Å². The highest BCUT2D eigenvalue weighted by atomic mass is 14.7. The molecule has 0 aliphatic heterocycles. The van der Waals surface area contributed by atoms with Crippen LogP contribution in [0.5, 0.6) is 0 Å². The Labute approximate surface area is 136 Å². The Balaban J connectivity index is 2.00. The molecule has 23 heavy (non-hydrogen) atoms. The van der Waals surface area contributed by atoms with Crippen LogP contribution in [0.25, 0.3) is 33.3 Å². The number of hydrogen-bond donors (Lipinski definition) is 0. The van der Waals surface area contributed by atoms with Crippen molar-refractivity contribution in [2.75, 3.05) is 0 Å². The predicted molar refractivity (Wildman–Crippen MR) is 97.4 cm³/mol. The number of benzene rings is 3. The lowest BCUT2D eigenvalue weighted by molar-refractivity contribution is 1.39. The molecule has 0 saturated heterocycles. The molecule has 0 aliphatic rings. The summed E-state index contributed by atoms with van der Waals surface area (Å²) in [5.74, 6) is 0. The first-order valence-corrected chi connectivity index (χ1v) is 7.83. The van der Waals surface area contributed by atoms with Crippen LogP contribution in [-0.4, -0.2) is 4.98 Å². The third-order valence-corrected chi connectivity index (χ3v) is 4.15. The maximum Gasteiger partial charge on any atom is 0.0715 e. The summed E-state index contributed by atoms with van der Waals surface area (Å²) in [6, 6.07) is 29.6. The number of aromatic nitrogens is 1. The number of aryl methyl sites for hydroxylation is 1. The molecule has 0 radical (unpaired) electrons. The van der Waals surface area contributed by atoms with Gasteiger partial charge in [0.1, 0.15) is 0 Å². The zero-order chi connectivity index (χ0) is 15.6. The first-order valence-electron chi connectivity index (χ1n) is 7.83. The van der Waals surface area contributed by atoms with Crippen LogP contribution in [0, 0.1) is 6.92 Å². The smallest absolute Gasteiger partial charge is 0.0715 e. The fourth-order valence-electron chi connectivity index (χ4n) is 2.90. The quantitative estimate of drug-likeness (QED) is 0.450. The summed E-state index contributed by atoms with van der Waals surface area (Å²) in [6.45, 7) is 2.11. The predicted octanol–water partition coefficient (Wildman–Crippen LogP) is 5.88. The molecular formula is C22H17N. The lowest BCUT2D eigenvalue weighted by atomic mass is 9.98. The van der Waals surface area contributed by atoms with Crippen LogP contribution in [0.3, 0.4) is 0 Å². The third-order valence-electron chi connectivity index (χ3n) is 4.15. The van der Waals surface area contributed by atoms with Gasteiger partial charge in [-0.15, -0.1) is 0 Å². The molecule has 0 N–H and O–H groups in total. The Hall–Kier alpha value is -2.93. The van der Waals surface area contributed by atoms with Crippen LogP contribution >= 0.6 is 0 Å². The van der Waals surface area contributed by atoms with Crippen molar-refractivity contribution in [2.45, 2.75) is 6.92 Å². The molecule has 110 valence electrons. The summed E-state index contributed by atoms with van der Waals surface area (Å²) in [7, 11) is 0. The van der Waals surface area contributed by atoms with E-state index >= 15 is 0 Å². The van der Waals surface area contributed by atoms with Crippen LogP contribution < -0.4 is 0 Å². The Morgan fingerprint density at radius 3 is 2.13 bits per heavy atom. The van der Waals surface area contributed by atoms with Gasteiger partial charge in [0, 0.05) is 10.9 Å². The summed E-state index contributed by atoms with van der Waals surface area (Å²) < 4.78 is 0. The highest BCUT2D eigenvalue weighted by Gasteiger charge is 2.09. The molecule has 0 atom stereocenters. The van der Waals surface area contributed by atoms with Crippen LogP contribution in [0.2, 0.25) is 0 Å². The van der Waals surface area contributed by atoms with Crippen molar-refractivity contribution in [1.82, 2.24) is 4.98 Å². The van der Waals surface area contributed by atoms with E-state index < -0.39 is 0 Å². The van der Waals surface area contributed by atoms with Gasteiger partial charge in [0.05, 0.1) is 11.2 Å². The van der Waals surface area contributed by atoms with Gasteiger partial charge in [0.2, 0.25) is 0 Å². The van der Waals surface area contributed by atoms with E-state index in [0.29, 0.717) is 0 Å². The van der Waals surface area contributed by atoms with Gasteiger partial charge >= 0.3 is 0 Å². The molecule has 0 bridgehead atoms. The Kier molecular flexibility index (Phi) is 3.39. The van der Waals surface area contributed by atoms with Crippen LogP contribution in [0.1, 0.15) is 5.56 Å². The van der Waals surface area contributed by atoms with Gasteiger partial charge in [-0.3, -0.25) is 0 Å². The summed E-state index contributed by atoms with van der Waals surface area (Å²) in [6.07, 6.45) is 0. The Morgan fingerprint density at radius 2 is 1.35 bits per heavy atom. The monoisotopic (exact) mass is 295 g/mol. The molecule has 0 saturated carbocycles. The zero-order valence-electron chi connectivity index (χ0n) is 13.0. The van der Waals surface area contributed by atoms with Gasteiger partial charge in [0.25, 0.3) is 0 Å². The molecule has 1 aromatic heterocycles. The molecule has 1 nitrogen and oxygen atoms in total. The summed E-state index contributed by atoms with van der Waals surface area (Å²) >= 11 is 0. The first-order chi connectivity index (χ1) is 11.3.